The summed E-state index contributed by atoms with van der Waals surface area (Å²) in [5, 5.41) is 10.4. The zero-order valence-electron chi connectivity index (χ0n) is 26.3. The summed E-state index contributed by atoms with van der Waals surface area (Å²) in [5.41, 5.74) is 3.64. The van der Waals surface area contributed by atoms with Gasteiger partial charge in [-0.05, 0) is 50.2 Å². The first-order valence-electron chi connectivity index (χ1n) is 16.0. The van der Waals surface area contributed by atoms with E-state index in [0.29, 0.717) is 53.0 Å². The number of aromatic hydroxyl groups is 1. The molecule has 2 fully saturated rings. The number of ketones is 2. The monoisotopic (exact) mass is 622 g/mol. The molecule has 0 spiro atoms. The molecule has 2 aliphatic heterocycles. The highest BCUT2D eigenvalue weighted by Gasteiger charge is 2.58. The Morgan fingerprint density at radius 3 is 2.24 bits per heavy atom. The first kappa shape index (κ1) is 30.2. The molecule has 46 heavy (non-hydrogen) atoms. The van der Waals surface area contributed by atoms with Crippen LogP contribution in [0.1, 0.15) is 49.7 Å². The second kappa shape index (κ2) is 11.7. The number of allylic oxidation sites excluding steroid dienone is 6. The molecule has 0 saturated carbocycles. The van der Waals surface area contributed by atoms with E-state index in [4.69, 9.17) is 9.47 Å². The molecular weight excluding hydrogens is 584 g/mol. The lowest BCUT2D eigenvalue weighted by Crippen LogP contribution is -2.47. The SMILES string of the molecule is COc1cc(O)cc(OC)c1[C@H]1C2=CC[C@@H]3C(=O)N(C4CCN(Cc5ccccc5)CC4)C(=O)[C@@H]3[C@@H]2CC2=C1C(=O)C(C)=CC2=O. The first-order chi connectivity index (χ1) is 22.2. The number of amides is 2. The summed E-state index contributed by atoms with van der Waals surface area (Å²) >= 11 is 0. The van der Waals surface area contributed by atoms with Gasteiger partial charge >= 0.3 is 0 Å². The third-order valence-corrected chi connectivity index (χ3v) is 10.6. The lowest BCUT2D eigenvalue weighted by Gasteiger charge is -2.42. The van der Waals surface area contributed by atoms with Crippen LogP contribution in [0.5, 0.6) is 17.2 Å². The van der Waals surface area contributed by atoms with Crippen LogP contribution >= 0.6 is 0 Å². The highest BCUT2D eigenvalue weighted by molar-refractivity contribution is 6.24. The largest absolute Gasteiger partial charge is 0.508 e. The number of imide groups is 1. The van der Waals surface area contributed by atoms with Crippen molar-refractivity contribution >= 4 is 23.4 Å². The number of benzene rings is 2. The maximum absolute atomic E-state index is 14.4. The minimum absolute atomic E-state index is 0.0687. The quantitative estimate of drug-likeness (QED) is 0.285. The van der Waals surface area contributed by atoms with Gasteiger partial charge in [-0.15, -0.1) is 0 Å². The molecule has 9 nitrogen and oxygen atoms in total. The molecule has 2 saturated heterocycles. The van der Waals surface area contributed by atoms with E-state index in [-0.39, 0.29) is 41.6 Å². The average Bonchev–Trinajstić information content (AvgIpc) is 3.32. The zero-order chi connectivity index (χ0) is 32.3. The van der Waals surface area contributed by atoms with E-state index in [1.54, 1.807) is 6.92 Å². The van der Waals surface area contributed by atoms with Gasteiger partial charge < -0.3 is 14.6 Å². The highest BCUT2D eigenvalue weighted by atomic mass is 16.5. The van der Waals surface area contributed by atoms with Crippen LogP contribution in [-0.4, -0.2) is 71.6 Å². The third kappa shape index (κ3) is 4.80. The van der Waals surface area contributed by atoms with E-state index >= 15 is 0 Å². The van der Waals surface area contributed by atoms with Crippen molar-refractivity contribution < 1.29 is 33.8 Å². The van der Waals surface area contributed by atoms with E-state index in [1.807, 2.05) is 24.3 Å². The lowest BCUT2D eigenvalue weighted by atomic mass is 9.59. The van der Waals surface area contributed by atoms with Gasteiger partial charge in [-0.1, -0.05) is 42.0 Å². The molecule has 2 aromatic carbocycles. The van der Waals surface area contributed by atoms with Crippen LogP contribution in [-0.2, 0) is 25.7 Å². The summed E-state index contributed by atoms with van der Waals surface area (Å²) in [6.45, 7) is 4.05. The fourth-order valence-corrected chi connectivity index (χ4v) is 8.46. The van der Waals surface area contributed by atoms with Gasteiger partial charge in [0.25, 0.3) is 0 Å². The molecule has 0 radical (unpaired) electrons. The van der Waals surface area contributed by atoms with Crippen molar-refractivity contribution in [2.75, 3.05) is 27.3 Å². The van der Waals surface area contributed by atoms with E-state index in [9.17, 15) is 24.3 Å². The Morgan fingerprint density at radius 1 is 0.913 bits per heavy atom. The van der Waals surface area contributed by atoms with Gasteiger partial charge in [-0.2, -0.15) is 0 Å². The predicted octanol–water partition coefficient (Wildman–Crippen LogP) is 4.50. The summed E-state index contributed by atoms with van der Waals surface area (Å²) in [5.74, 6) is -2.59. The Labute approximate surface area is 268 Å². The molecule has 2 heterocycles. The van der Waals surface area contributed by atoms with Gasteiger partial charge in [-0.3, -0.25) is 29.0 Å². The second-order valence-electron chi connectivity index (χ2n) is 13.0. The van der Waals surface area contributed by atoms with Crippen LogP contribution in [0, 0.1) is 17.8 Å². The number of carbonyl (C=O) groups excluding carboxylic acids is 4. The molecule has 0 bridgehead atoms. The number of likely N-dealkylation sites (tertiary alicyclic amines) is 2. The Hall–Kier alpha value is -4.50. The van der Waals surface area contributed by atoms with Crippen molar-refractivity contribution in [2.24, 2.45) is 17.8 Å². The van der Waals surface area contributed by atoms with Gasteiger partial charge in [0.05, 0.1) is 26.1 Å². The van der Waals surface area contributed by atoms with E-state index in [0.717, 1.165) is 25.2 Å². The van der Waals surface area contributed by atoms with Gasteiger partial charge in [0.15, 0.2) is 11.6 Å². The molecule has 238 valence electrons. The molecule has 4 atom stereocenters. The number of phenols is 1. The number of methoxy groups -OCH3 is 2. The van der Waals surface area contributed by atoms with Gasteiger partial charge in [-0.25, -0.2) is 0 Å². The molecule has 0 aromatic heterocycles. The Bertz CT molecular complexity index is 1710. The van der Waals surface area contributed by atoms with E-state index in [2.05, 4.69) is 17.0 Å². The van der Waals surface area contributed by atoms with Crippen molar-refractivity contribution in [1.82, 2.24) is 9.80 Å². The van der Waals surface area contributed by atoms with Crippen molar-refractivity contribution in [3.8, 4) is 17.2 Å². The van der Waals surface area contributed by atoms with Crippen LogP contribution in [0.15, 0.2) is 76.9 Å². The van der Waals surface area contributed by atoms with Crippen molar-refractivity contribution in [3.05, 3.63) is 88.0 Å². The molecule has 7 rings (SSSR count). The standard InChI is InChI=1S/C37H38N2O7/c1-20-15-28(41)27-18-26-24(32(33(27)35(20)42)34-29(45-2)16-23(40)17-30(34)46-3)9-10-25-31(26)37(44)39(36(25)43)22-11-13-38(14-12-22)19-21-7-5-4-6-8-21/h4-9,15-17,22,25-26,31-32,40H,10-14,18-19H2,1-3H3/t25-,26+,31-,32-/m0/s1. The number of hydrogen-bond acceptors (Lipinski definition) is 8. The smallest absolute Gasteiger partial charge is 0.233 e. The number of carbonyl (C=O) groups is 4. The number of fused-ring (bicyclic) bond motifs is 3. The molecule has 9 heteroatoms. The molecule has 5 aliphatic rings. The topological polar surface area (TPSA) is 113 Å². The Balaban J connectivity index is 1.23. The number of ether oxygens (including phenoxy) is 2. The Morgan fingerprint density at radius 2 is 1.59 bits per heavy atom. The van der Waals surface area contributed by atoms with Gasteiger partial charge in [0.1, 0.15) is 17.2 Å². The van der Waals surface area contributed by atoms with Crippen LogP contribution in [0.4, 0.5) is 0 Å². The molecule has 2 aromatic rings. The number of piperidine rings is 1. The van der Waals surface area contributed by atoms with Gasteiger partial charge in [0, 0.05) is 66.0 Å². The maximum Gasteiger partial charge on any atom is 0.233 e. The summed E-state index contributed by atoms with van der Waals surface area (Å²) in [6, 6.07) is 13.0. The molecule has 0 unspecified atom stereocenters. The predicted molar refractivity (Wildman–Crippen MR) is 169 cm³/mol. The number of rotatable bonds is 6. The summed E-state index contributed by atoms with van der Waals surface area (Å²) in [6.07, 6.45) is 5.36. The molecule has 3 aliphatic carbocycles. The summed E-state index contributed by atoms with van der Waals surface area (Å²) < 4.78 is 11.4. The fourth-order valence-electron chi connectivity index (χ4n) is 8.46. The molecule has 1 N–H and O–H groups in total. The van der Waals surface area contributed by atoms with E-state index in [1.165, 1.54) is 42.9 Å². The number of nitrogens with zero attached hydrogens (tertiary/aromatic N) is 2. The molecular formula is C37H38N2O7. The second-order valence-corrected chi connectivity index (χ2v) is 13.0. The van der Waals surface area contributed by atoms with Crippen LogP contribution in [0.25, 0.3) is 0 Å². The Kier molecular flexibility index (Phi) is 7.67. The van der Waals surface area contributed by atoms with Crippen molar-refractivity contribution in [3.63, 3.8) is 0 Å². The summed E-state index contributed by atoms with van der Waals surface area (Å²) in [7, 11) is 2.94. The van der Waals surface area contributed by atoms with Crippen LogP contribution in [0.3, 0.4) is 0 Å². The van der Waals surface area contributed by atoms with E-state index < -0.39 is 23.7 Å². The molecule has 2 amide bonds. The maximum atomic E-state index is 14.4. The number of Topliss-reactive ketones (excluding diaryl/α,β-unsaturated/α-hetero) is 1. The number of phenolic OH excluding ortho intramolecular Hbond substituents is 1. The lowest BCUT2D eigenvalue weighted by molar-refractivity contribution is -0.144. The van der Waals surface area contributed by atoms with Crippen molar-refractivity contribution in [2.45, 2.75) is 51.1 Å². The zero-order valence-corrected chi connectivity index (χ0v) is 26.3. The van der Waals surface area contributed by atoms with Gasteiger partial charge in [0.2, 0.25) is 11.8 Å². The van der Waals surface area contributed by atoms with Crippen LogP contribution in [0.2, 0.25) is 0 Å². The minimum Gasteiger partial charge on any atom is -0.508 e. The third-order valence-electron chi connectivity index (χ3n) is 10.6. The number of hydrogen-bond donors (Lipinski definition) is 1. The minimum atomic E-state index is -0.738. The first-order valence-corrected chi connectivity index (χ1v) is 16.0. The highest BCUT2D eigenvalue weighted by Crippen LogP contribution is 2.58. The normalized spacial score (nSPS) is 26.8. The van der Waals surface area contributed by atoms with Crippen molar-refractivity contribution in [1.29, 1.82) is 0 Å². The summed E-state index contributed by atoms with van der Waals surface area (Å²) in [4.78, 5) is 59.6. The fraction of sp³-hybridized carbons (Fsp3) is 0.405. The van der Waals surface area contributed by atoms with Crippen LogP contribution < -0.4 is 9.47 Å². The average molecular weight is 623 g/mol.